The van der Waals surface area contributed by atoms with Crippen molar-refractivity contribution in [3.8, 4) is 0 Å². The van der Waals surface area contributed by atoms with Gasteiger partial charge in [0.1, 0.15) is 11.6 Å². The van der Waals surface area contributed by atoms with Crippen LogP contribution in [0.15, 0.2) is 96.3 Å². The second-order valence-corrected chi connectivity index (χ2v) is 4.70. The Kier molecular flexibility index (Phi) is 5.73. The first-order valence-electron chi connectivity index (χ1n) is 6.41. The molecule has 0 atom stereocenters. The van der Waals surface area contributed by atoms with Crippen LogP contribution >= 0.6 is 0 Å². The minimum absolute atomic E-state index is 0.114. The van der Waals surface area contributed by atoms with Gasteiger partial charge < -0.3 is 10.2 Å². The number of halogens is 1. The average molecular weight is 286 g/mol. The molecule has 21 heavy (non-hydrogen) atoms. The Hall–Kier alpha value is -2.55. The summed E-state index contributed by atoms with van der Waals surface area (Å²) < 4.78 is 14.1. The molecule has 0 heterocycles. The van der Waals surface area contributed by atoms with Crippen LogP contribution in [0.3, 0.4) is 0 Å². The molecule has 3 heteroatoms. The van der Waals surface area contributed by atoms with Crippen LogP contribution in [0.1, 0.15) is 12.8 Å². The van der Waals surface area contributed by atoms with Crippen molar-refractivity contribution in [1.82, 2.24) is 0 Å². The molecule has 1 aliphatic rings. The van der Waals surface area contributed by atoms with E-state index in [0.29, 0.717) is 24.0 Å². The largest absolute Gasteiger partial charge is 0.512 e. The Bertz CT molecular complexity index is 613. The predicted molar refractivity (Wildman–Crippen MR) is 85.5 cm³/mol. The van der Waals surface area contributed by atoms with Gasteiger partial charge in [-0.25, -0.2) is 4.39 Å². The van der Waals surface area contributed by atoms with Crippen molar-refractivity contribution in [1.29, 1.82) is 0 Å². The molecule has 0 aromatic carbocycles. The van der Waals surface area contributed by atoms with Gasteiger partial charge in [-0.15, -0.1) is 0 Å². The highest BCUT2D eigenvalue weighted by Crippen LogP contribution is 2.28. The first-order chi connectivity index (χ1) is 9.81. The molecule has 2 N–H and O–H groups in total. The summed E-state index contributed by atoms with van der Waals surface area (Å²) in [5.74, 6) is -0.335. The van der Waals surface area contributed by atoms with Crippen molar-refractivity contribution >= 4 is 0 Å². The minimum atomic E-state index is -0.501. The van der Waals surface area contributed by atoms with E-state index in [0.717, 1.165) is 5.57 Å². The second kappa shape index (κ2) is 7.29. The SMILES string of the molecule is C=C(O)/C=C\C(=C)C(=C)/C=C(/F)C(=C)C1=CC=C(O)CC1. The number of rotatable bonds is 6. The normalized spacial score (nSPS) is 15.4. The Labute approximate surface area is 124 Å². The van der Waals surface area contributed by atoms with Crippen LogP contribution in [0, 0.1) is 0 Å². The molecule has 1 rings (SSSR count). The smallest absolute Gasteiger partial charge is 0.130 e. The fraction of sp³-hybridized carbons (Fsp3) is 0.111. The number of aliphatic hydroxyl groups is 2. The summed E-state index contributed by atoms with van der Waals surface area (Å²) >= 11 is 0. The van der Waals surface area contributed by atoms with E-state index < -0.39 is 5.83 Å². The average Bonchev–Trinajstić information content (AvgIpc) is 2.44. The maximum absolute atomic E-state index is 14.1. The highest BCUT2D eigenvalue weighted by molar-refractivity contribution is 5.51. The minimum Gasteiger partial charge on any atom is -0.512 e. The van der Waals surface area contributed by atoms with Crippen molar-refractivity contribution in [2.45, 2.75) is 12.8 Å². The number of allylic oxidation sites excluding steroid dienone is 11. The third-order valence-corrected chi connectivity index (χ3v) is 2.99. The second-order valence-electron chi connectivity index (χ2n) is 4.70. The Morgan fingerprint density at radius 3 is 2.24 bits per heavy atom. The fourth-order valence-electron chi connectivity index (χ4n) is 1.67. The molecule has 0 unspecified atom stereocenters. The quantitative estimate of drug-likeness (QED) is 0.514. The lowest BCUT2D eigenvalue weighted by atomic mass is 9.95. The van der Waals surface area contributed by atoms with Gasteiger partial charge >= 0.3 is 0 Å². The lowest BCUT2D eigenvalue weighted by molar-refractivity contribution is 0.386. The summed E-state index contributed by atoms with van der Waals surface area (Å²) in [6.45, 7) is 14.5. The van der Waals surface area contributed by atoms with Crippen LogP contribution in [-0.4, -0.2) is 10.2 Å². The Balaban J connectivity index is 2.80. The molecule has 0 radical (unpaired) electrons. The van der Waals surface area contributed by atoms with Gasteiger partial charge in [0.15, 0.2) is 0 Å². The van der Waals surface area contributed by atoms with E-state index in [1.807, 2.05) is 0 Å². The Morgan fingerprint density at radius 2 is 1.71 bits per heavy atom. The van der Waals surface area contributed by atoms with Crippen molar-refractivity contribution in [2.75, 3.05) is 0 Å². The van der Waals surface area contributed by atoms with E-state index in [4.69, 9.17) is 5.11 Å². The van der Waals surface area contributed by atoms with Gasteiger partial charge in [0.05, 0.1) is 5.76 Å². The van der Waals surface area contributed by atoms with E-state index in [1.54, 1.807) is 12.2 Å². The van der Waals surface area contributed by atoms with Gasteiger partial charge in [0.25, 0.3) is 0 Å². The van der Waals surface area contributed by atoms with Gasteiger partial charge in [-0.05, 0) is 41.4 Å². The summed E-state index contributed by atoms with van der Waals surface area (Å²) in [6.07, 6.45) is 8.31. The van der Waals surface area contributed by atoms with Crippen molar-refractivity contribution in [3.63, 3.8) is 0 Å². The molecule has 0 saturated carbocycles. The molecule has 0 aliphatic heterocycles. The molecule has 0 aromatic heterocycles. The molecule has 0 aromatic rings. The highest BCUT2D eigenvalue weighted by atomic mass is 19.1. The third-order valence-electron chi connectivity index (χ3n) is 2.99. The Morgan fingerprint density at radius 1 is 1.05 bits per heavy atom. The van der Waals surface area contributed by atoms with Gasteiger partial charge in [0.2, 0.25) is 0 Å². The molecular weight excluding hydrogens is 267 g/mol. The lowest BCUT2D eigenvalue weighted by Gasteiger charge is -2.13. The predicted octanol–water partition coefficient (Wildman–Crippen LogP) is 5.30. The maximum Gasteiger partial charge on any atom is 0.130 e. The van der Waals surface area contributed by atoms with E-state index in [9.17, 15) is 9.50 Å². The van der Waals surface area contributed by atoms with Gasteiger partial charge in [-0.1, -0.05) is 38.5 Å². The van der Waals surface area contributed by atoms with Crippen LogP contribution in [0.25, 0.3) is 0 Å². The first kappa shape index (κ1) is 16.5. The van der Waals surface area contributed by atoms with E-state index >= 15 is 0 Å². The van der Waals surface area contributed by atoms with E-state index in [-0.39, 0.29) is 17.1 Å². The standard InChI is InChI=1S/C18H19FO2/c1-12(5-6-14(3)20)13(2)11-18(19)15(4)16-7-9-17(21)10-8-16/h5-7,9,11,20-21H,1-4,8,10H2/b6-5-,18-11+. The molecule has 0 amide bonds. The molecule has 0 saturated heterocycles. The number of hydrogen-bond donors (Lipinski definition) is 2. The monoisotopic (exact) mass is 286 g/mol. The van der Waals surface area contributed by atoms with E-state index in [1.165, 1.54) is 18.2 Å². The highest BCUT2D eigenvalue weighted by Gasteiger charge is 2.12. The zero-order chi connectivity index (χ0) is 16.0. The molecule has 1 aliphatic carbocycles. The molecule has 0 fully saturated rings. The number of hydrogen-bond acceptors (Lipinski definition) is 2. The van der Waals surface area contributed by atoms with Crippen LogP contribution in [0.4, 0.5) is 4.39 Å². The maximum atomic E-state index is 14.1. The van der Waals surface area contributed by atoms with Crippen molar-refractivity contribution in [3.05, 3.63) is 96.3 Å². The first-order valence-corrected chi connectivity index (χ1v) is 6.41. The summed E-state index contributed by atoms with van der Waals surface area (Å²) in [5, 5.41) is 18.2. The van der Waals surface area contributed by atoms with Gasteiger partial charge in [-0.3, -0.25) is 0 Å². The summed E-state index contributed by atoms with van der Waals surface area (Å²) in [7, 11) is 0. The van der Waals surface area contributed by atoms with Crippen LogP contribution in [-0.2, 0) is 0 Å². The lowest BCUT2D eigenvalue weighted by Crippen LogP contribution is -1.96. The van der Waals surface area contributed by atoms with Crippen LogP contribution in [0.5, 0.6) is 0 Å². The van der Waals surface area contributed by atoms with Gasteiger partial charge in [-0.2, -0.15) is 0 Å². The summed E-state index contributed by atoms with van der Waals surface area (Å²) in [6, 6.07) is 0. The van der Waals surface area contributed by atoms with Gasteiger partial charge in [0, 0.05) is 12.0 Å². The molecule has 110 valence electrons. The van der Waals surface area contributed by atoms with Crippen molar-refractivity contribution < 1.29 is 14.6 Å². The van der Waals surface area contributed by atoms with Crippen LogP contribution < -0.4 is 0 Å². The van der Waals surface area contributed by atoms with E-state index in [2.05, 4.69) is 26.3 Å². The number of aliphatic hydroxyl groups excluding tert-OH is 2. The van der Waals surface area contributed by atoms with Crippen molar-refractivity contribution in [2.24, 2.45) is 0 Å². The zero-order valence-corrected chi connectivity index (χ0v) is 11.9. The molecule has 0 bridgehead atoms. The zero-order valence-electron chi connectivity index (χ0n) is 11.9. The summed E-state index contributed by atoms with van der Waals surface area (Å²) in [5.41, 5.74) is 1.84. The molecule has 2 nitrogen and oxygen atoms in total. The fourth-order valence-corrected chi connectivity index (χ4v) is 1.67. The summed E-state index contributed by atoms with van der Waals surface area (Å²) in [4.78, 5) is 0. The molecule has 0 spiro atoms. The topological polar surface area (TPSA) is 40.5 Å². The molecular formula is C18H19FO2. The van der Waals surface area contributed by atoms with Crippen LogP contribution in [0.2, 0.25) is 0 Å². The third kappa shape index (κ3) is 5.15.